The van der Waals surface area contributed by atoms with Crippen LogP contribution in [-0.2, 0) is 4.74 Å². The van der Waals surface area contributed by atoms with Crippen molar-refractivity contribution >= 4 is 21.9 Å². The molecule has 4 nitrogen and oxygen atoms in total. The Morgan fingerprint density at radius 1 is 1.00 bits per heavy atom. The lowest BCUT2D eigenvalue weighted by atomic mass is 10.1. The van der Waals surface area contributed by atoms with Crippen LogP contribution in [0.1, 0.15) is 10.4 Å². The van der Waals surface area contributed by atoms with Crippen LogP contribution in [0.3, 0.4) is 0 Å². The Balaban J connectivity index is 2.25. The van der Waals surface area contributed by atoms with Gasteiger partial charge in [-0.25, -0.2) is 4.79 Å². The van der Waals surface area contributed by atoms with Gasteiger partial charge >= 0.3 is 5.97 Å². The molecule has 0 aliphatic carbocycles. The van der Waals surface area contributed by atoms with E-state index in [1.807, 2.05) is 42.5 Å². The third-order valence-corrected chi connectivity index (χ3v) is 4.03. The van der Waals surface area contributed by atoms with Gasteiger partial charge in [-0.1, -0.05) is 58.4 Å². The van der Waals surface area contributed by atoms with E-state index in [1.54, 1.807) is 12.1 Å². The summed E-state index contributed by atoms with van der Waals surface area (Å²) in [6.07, 6.45) is 0. The van der Waals surface area contributed by atoms with Crippen LogP contribution in [0.25, 0.3) is 22.6 Å². The number of methoxy groups -OCH3 is 1. The molecule has 0 radical (unpaired) electrons. The molecule has 3 rings (SSSR count). The van der Waals surface area contributed by atoms with Crippen molar-refractivity contribution in [2.24, 2.45) is 0 Å². The summed E-state index contributed by atoms with van der Waals surface area (Å²) in [4.78, 5) is 24.5. The molecule has 24 heavy (non-hydrogen) atoms. The van der Waals surface area contributed by atoms with Crippen molar-refractivity contribution in [3.63, 3.8) is 0 Å². The zero-order valence-corrected chi connectivity index (χ0v) is 14.4. The van der Waals surface area contributed by atoms with Crippen molar-refractivity contribution in [2.45, 2.75) is 0 Å². The van der Waals surface area contributed by atoms with Crippen LogP contribution in [0.15, 0.2) is 74.3 Å². The molecule has 0 amide bonds. The minimum Gasteiger partial charge on any atom is -0.465 e. The second-order valence-corrected chi connectivity index (χ2v) is 5.96. The molecule has 1 aromatic heterocycles. The summed E-state index contributed by atoms with van der Waals surface area (Å²) in [6.45, 7) is 0. The Labute approximate surface area is 146 Å². The summed E-state index contributed by atoms with van der Waals surface area (Å²) in [5, 5.41) is 0. The van der Waals surface area contributed by atoms with E-state index in [1.165, 1.54) is 13.2 Å². The van der Waals surface area contributed by atoms with Crippen molar-refractivity contribution in [1.82, 2.24) is 0 Å². The van der Waals surface area contributed by atoms with Crippen LogP contribution in [-0.4, -0.2) is 13.1 Å². The third-order valence-electron chi connectivity index (χ3n) is 3.50. The summed E-state index contributed by atoms with van der Waals surface area (Å²) in [7, 11) is 1.24. The fourth-order valence-corrected chi connectivity index (χ4v) is 2.60. The van der Waals surface area contributed by atoms with E-state index >= 15 is 0 Å². The molecule has 0 spiro atoms. The number of halogens is 1. The number of benzene rings is 2. The average molecular weight is 385 g/mol. The van der Waals surface area contributed by atoms with Gasteiger partial charge in [-0.15, -0.1) is 0 Å². The molecule has 2 aromatic carbocycles. The molecule has 120 valence electrons. The molecule has 0 unspecified atom stereocenters. The van der Waals surface area contributed by atoms with Gasteiger partial charge < -0.3 is 9.15 Å². The number of hydrogen-bond donors (Lipinski definition) is 0. The lowest BCUT2D eigenvalue weighted by molar-refractivity contribution is 0.0598. The van der Waals surface area contributed by atoms with E-state index in [0.29, 0.717) is 11.3 Å². The summed E-state index contributed by atoms with van der Waals surface area (Å²) in [5.74, 6) is -0.128. The highest BCUT2D eigenvalue weighted by atomic mass is 79.9. The largest absolute Gasteiger partial charge is 0.465 e. The summed E-state index contributed by atoms with van der Waals surface area (Å²) >= 11 is 3.37. The molecule has 0 fully saturated rings. The highest BCUT2D eigenvalue weighted by Gasteiger charge is 2.21. The predicted octanol–water partition coefficient (Wildman–Crippen LogP) is 4.52. The van der Waals surface area contributed by atoms with Gasteiger partial charge in [0, 0.05) is 21.7 Å². The van der Waals surface area contributed by atoms with Gasteiger partial charge in [0.05, 0.1) is 7.11 Å². The first-order valence-corrected chi connectivity index (χ1v) is 7.97. The molecule has 1 heterocycles. The molecule has 0 aliphatic rings. The molecule has 0 aliphatic heterocycles. The number of hydrogen-bond acceptors (Lipinski definition) is 4. The highest BCUT2D eigenvalue weighted by Crippen LogP contribution is 2.28. The Bertz CT molecular complexity index is 928. The quantitative estimate of drug-likeness (QED) is 0.622. The van der Waals surface area contributed by atoms with Crippen LogP contribution in [0, 0.1) is 0 Å². The monoisotopic (exact) mass is 384 g/mol. The molecule has 0 atom stereocenters. The Hall–Kier alpha value is -2.66. The van der Waals surface area contributed by atoms with Crippen molar-refractivity contribution in [1.29, 1.82) is 0 Å². The fourth-order valence-electron chi connectivity index (χ4n) is 2.34. The molecular formula is C19H13BrO4. The van der Waals surface area contributed by atoms with Crippen LogP contribution >= 0.6 is 15.9 Å². The first-order chi connectivity index (χ1) is 11.6. The predicted molar refractivity (Wildman–Crippen MR) is 94.9 cm³/mol. The SMILES string of the molecule is COC(=O)c1c(-c2ccccc2)oc(-c2ccc(Br)cc2)cc1=O. The number of carbonyl (C=O) groups excluding carboxylic acids is 1. The Kier molecular flexibility index (Phi) is 4.62. The van der Waals surface area contributed by atoms with Gasteiger partial charge in [0.15, 0.2) is 11.3 Å². The number of esters is 1. The maximum atomic E-state index is 12.5. The third kappa shape index (κ3) is 3.16. The standard InChI is InChI=1S/C19H13BrO4/c1-23-19(22)17-15(21)11-16(12-7-9-14(20)10-8-12)24-18(17)13-5-3-2-4-6-13/h2-11H,1H3. The molecular weight excluding hydrogens is 372 g/mol. The Morgan fingerprint density at radius 3 is 2.29 bits per heavy atom. The first kappa shape index (κ1) is 16.2. The molecule has 0 saturated carbocycles. The van der Waals surface area contributed by atoms with Gasteiger partial charge in [-0.05, 0) is 12.1 Å². The highest BCUT2D eigenvalue weighted by molar-refractivity contribution is 9.10. The zero-order valence-electron chi connectivity index (χ0n) is 12.8. The van der Waals surface area contributed by atoms with Crippen molar-refractivity contribution in [3.8, 4) is 22.6 Å². The number of rotatable bonds is 3. The van der Waals surface area contributed by atoms with E-state index in [9.17, 15) is 9.59 Å². The second kappa shape index (κ2) is 6.84. The van der Waals surface area contributed by atoms with Gasteiger partial charge in [0.25, 0.3) is 0 Å². The van der Waals surface area contributed by atoms with E-state index in [2.05, 4.69) is 15.9 Å². The molecule has 0 N–H and O–H groups in total. The van der Waals surface area contributed by atoms with Crippen LogP contribution in [0.4, 0.5) is 0 Å². The van der Waals surface area contributed by atoms with Crippen LogP contribution < -0.4 is 5.43 Å². The van der Waals surface area contributed by atoms with Crippen LogP contribution in [0.2, 0.25) is 0 Å². The smallest absolute Gasteiger partial charge is 0.345 e. The summed E-state index contributed by atoms with van der Waals surface area (Å²) in [5.41, 5.74) is 0.826. The van der Waals surface area contributed by atoms with Gasteiger partial charge in [0.1, 0.15) is 5.76 Å². The van der Waals surface area contributed by atoms with Gasteiger partial charge in [0.2, 0.25) is 5.43 Å². The molecule has 0 bridgehead atoms. The Morgan fingerprint density at radius 2 is 1.67 bits per heavy atom. The summed E-state index contributed by atoms with van der Waals surface area (Å²) in [6, 6.07) is 17.7. The fraction of sp³-hybridized carbons (Fsp3) is 0.0526. The first-order valence-electron chi connectivity index (χ1n) is 7.18. The van der Waals surface area contributed by atoms with Gasteiger partial charge in [-0.3, -0.25) is 4.79 Å². The van der Waals surface area contributed by atoms with Crippen molar-refractivity contribution in [3.05, 3.63) is 80.9 Å². The number of carbonyl (C=O) groups is 1. The van der Waals surface area contributed by atoms with E-state index in [-0.39, 0.29) is 11.3 Å². The van der Waals surface area contributed by atoms with E-state index < -0.39 is 11.4 Å². The second-order valence-electron chi connectivity index (χ2n) is 5.04. The maximum Gasteiger partial charge on any atom is 0.345 e. The van der Waals surface area contributed by atoms with E-state index in [0.717, 1.165) is 10.0 Å². The zero-order chi connectivity index (χ0) is 17.1. The lowest BCUT2D eigenvalue weighted by Gasteiger charge is -2.09. The maximum absolute atomic E-state index is 12.5. The number of ether oxygens (including phenoxy) is 1. The summed E-state index contributed by atoms with van der Waals surface area (Å²) < 4.78 is 11.6. The minimum absolute atomic E-state index is 0.107. The topological polar surface area (TPSA) is 56.5 Å². The minimum atomic E-state index is -0.718. The molecule has 5 heteroatoms. The lowest BCUT2D eigenvalue weighted by Crippen LogP contribution is -2.17. The van der Waals surface area contributed by atoms with Crippen molar-refractivity contribution in [2.75, 3.05) is 7.11 Å². The average Bonchev–Trinajstić information content (AvgIpc) is 2.62. The van der Waals surface area contributed by atoms with Crippen LogP contribution in [0.5, 0.6) is 0 Å². The van der Waals surface area contributed by atoms with E-state index in [4.69, 9.17) is 9.15 Å². The van der Waals surface area contributed by atoms with Gasteiger partial charge in [-0.2, -0.15) is 0 Å². The van der Waals surface area contributed by atoms with Crippen molar-refractivity contribution < 1.29 is 13.9 Å². The molecule has 0 saturated heterocycles. The molecule has 3 aromatic rings. The normalized spacial score (nSPS) is 10.4.